The van der Waals surface area contributed by atoms with E-state index in [4.69, 9.17) is 5.11 Å². The zero-order valence-electron chi connectivity index (χ0n) is 11.7. The largest absolute Gasteiger partial charge is 0.481 e. The highest BCUT2D eigenvalue weighted by atomic mass is 35.5. The van der Waals surface area contributed by atoms with Gasteiger partial charge in [-0.2, -0.15) is 0 Å². The first-order valence-electron chi connectivity index (χ1n) is 6.94. The smallest absolute Gasteiger partial charge is 0.305 e. The van der Waals surface area contributed by atoms with Crippen LogP contribution in [-0.4, -0.2) is 30.1 Å². The molecule has 21 heavy (non-hydrogen) atoms. The second kappa shape index (κ2) is 8.64. The first-order chi connectivity index (χ1) is 9.66. The summed E-state index contributed by atoms with van der Waals surface area (Å²) in [5.74, 6) is -1.04. The van der Waals surface area contributed by atoms with Crippen molar-refractivity contribution >= 4 is 24.3 Å². The van der Waals surface area contributed by atoms with Crippen LogP contribution in [-0.2, 0) is 9.59 Å². The lowest BCUT2D eigenvalue weighted by molar-refractivity contribution is -0.138. The number of aliphatic carboxylic acids is 1. The fourth-order valence-electron chi connectivity index (χ4n) is 2.48. The molecule has 3 N–H and O–H groups in total. The summed E-state index contributed by atoms with van der Waals surface area (Å²) in [5, 5.41) is 15.1. The Bertz CT molecular complexity index is 461. The highest BCUT2D eigenvalue weighted by Crippen LogP contribution is 2.18. The van der Waals surface area contributed by atoms with Gasteiger partial charge < -0.3 is 15.7 Å². The van der Waals surface area contributed by atoms with Gasteiger partial charge in [0.15, 0.2) is 0 Å². The summed E-state index contributed by atoms with van der Waals surface area (Å²) in [6.07, 6.45) is 1.73. The minimum absolute atomic E-state index is 0. The topological polar surface area (TPSA) is 78.4 Å². The fourth-order valence-corrected chi connectivity index (χ4v) is 2.48. The molecule has 6 heteroatoms. The first kappa shape index (κ1) is 17.5. The summed E-state index contributed by atoms with van der Waals surface area (Å²) in [4.78, 5) is 23.2. The molecule has 1 saturated heterocycles. The van der Waals surface area contributed by atoms with Crippen molar-refractivity contribution in [2.75, 3.05) is 13.1 Å². The molecular formula is C15H21ClN2O3. The lowest BCUT2D eigenvalue weighted by Gasteiger charge is -2.25. The second-order valence-electron chi connectivity index (χ2n) is 5.11. The molecule has 1 fully saturated rings. The molecule has 0 spiro atoms. The molecule has 2 atom stereocenters. The molecule has 1 amide bonds. The summed E-state index contributed by atoms with van der Waals surface area (Å²) >= 11 is 0. The monoisotopic (exact) mass is 312 g/mol. The number of carbonyl (C=O) groups is 2. The van der Waals surface area contributed by atoms with Crippen molar-refractivity contribution in [1.82, 2.24) is 10.6 Å². The minimum atomic E-state index is -0.916. The number of nitrogens with one attached hydrogen (secondary N) is 2. The summed E-state index contributed by atoms with van der Waals surface area (Å²) in [5.41, 5.74) is 0.826. The molecule has 0 radical (unpaired) electrons. The van der Waals surface area contributed by atoms with Crippen LogP contribution in [0.1, 0.15) is 30.9 Å². The summed E-state index contributed by atoms with van der Waals surface area (Å²) < 4.78 is 0. The van der Waals surface area contributed by atoms with Crippen molar-refractivity contribution < 1.29 is 14.7 Å². The Morgan fingerprint density at radius 2 is 2.05 bits per heavy atom. The molecule has 0 bridgehead atoms. The van der Waals surface area contributed by atoms with E-state index < -0.39 is 12.0 Å². The van der Waals surface area contributed by atoms with E-state index >= 15 is 0 Å². The maximum Gasteiger partial charge on any atom is 0.305 e. The molecule has 1 heterocycles. The average Bonchev–Trinajstić information content (AvgIpc) is 2.48. The highest BCUT2D eigenvalue weighted by Gasteiger charge is 2.24. The van der Waals surface area contributed by atoms with Gasteiger partial charge in [0.05, 0.1) is 18.4 Å². The summed E-state index contributed by atoms with van der Waals surface area (Å²) in [6, 6.07) is 8.77. The minimum Gasteiger partial charge on any atom is -0.481 e. The van der Waals surface area contributed by atoms with Gasteiger partial charge in [0.2, 0.25) is 5.91 Å². The fraction of sp³-hybridized carbons (Fsp3) is 0.467. The lowest BCUT2D eigenvalue weighted by Crippen LogP contribution is -2.42. The molecular weight excluding hydrogens is 292 g/mol. The third-order valence-corrected chi connectivity index (χ3v) is 3.56. The Balaban J connectivity index is 0.00000220. The maximum atomic E-state index is 12.2. The van der Waals surface area contributed by atoms with E-state index in [2.05, 4.69) is 10.6 Å². The van der Waals surface area contributed by atoms with Crippen LogP contribution in [0.4, 0.5) is 0 Å². The van der Waals surface area contributed by atoms with Crippen molar-refractivity contribution in [1.29, 1.82) is 0 Å². The number of hydrogen-bond donors (Lipinski definition) is 3. The van der Waals surface area contributed by atoms with E-state index in [1.54, 1.807) is 0 Å². The number of piperidine rings is 1. The van der Waals surface area contributed by atoms with Gasteiger partial charge in [-0.15, -0.1) is 12.4 Å². The predicted molar refractivity (Wildman–Crippen MR) is 82.4 cm³/mol. The van der Waals surface area contributed by atoms with E-state index in [-0.39, 0.29) is 30.7 Å². The van der Waals surface area contributed by atoms with Crippen LogP contribution in [0.2, 0.25) is 0 Å². The van der Waals surface area contributed by atoms with E-state index in [9.17, 15) is 9.59 Å². The van der Waals surface area contributed by atoms with E-state index in [0.29, 0.717) is 6.54 Å². The molecule has 116 valence electrons. The predicted octanol–water partition coefficient (Wildman–Crippen LogP) is 1.74. The molecule has 1 aromatic carbocycles. The number of halogens is 1. The number of carboxylic acids is 1. The molecule has 1 aromatic rings. The van der Waals surface area contributed by atoms with Crippen LogP contribution < -0.4 is 10.6 Å². The van der Waals surface area contributed by atoms with Gasteiger partial charge >= 0.3 is 5.97 Å². The zero-order chi connectivity index (χ0) is 14.4. The lowest BCUT2D eigenvalue weighted by atomic mass is 9.97. The molecule has 1 aliphatic rings. The Kier molecular flexibility index (Phi) is 7.19. The Morgan fingerprint density at radius 1 is 1.33 bits per heavy atom. The van der Waals surface area contributed by atoms with Gasteiger partial charge in [-0.1, -0.05) is 30.3 Å². The van der Waals surface area contributed by atoms with Crippen molar-refractivity contribution in [3.05, 3.63) is 35.9 Å². The number of carboxylic acid groups (broad SMARTS) is 1. The standard InChI is InChI=1S/C15H20N2O3.ClH/c18-14(19)9-13(11-5-2-1-3-6-11)17-15(20)12-7-4-8-16-10-12;/h1-3,5-6,12-13,16H,4,7-10H2,(H,17,20)(H,18,19);1H. The molecule has 2 rings (SSSR count). The van der Waals surface area contributed by atoms with E-state index in [1.165, 1.54) is 0 Å². The zero-order valence-corrected chi connectivity index (χ0v) is 12.6. The number of hydrogen-bond acceptors (Lipinski definition) is 3. The third-order valence-electron chi connectivity index (χ3n) is 3.56. The maximum absolute atomic E-state index is 12.2. The van der Waals surface area contributed by atoms with E-state index in [0.717, 1.165) is 24.9 Å². The van der Waals surface area contributed by atoms with Gasteiger partial charge in [0.1, 0.15) is 0 Å². The molecule has 0 aliphatic carbocycles. The van der Waals surface area contributed by atoms with Crippen LogP contribution in [0.5, 0.6) is 0 Å². The highest BCUT2D eigenvalue weighted by molar-refractivity contribution is 5.85. The van der Waals surface area contributed by atoms with Crippen LogP contribution in [0.15, 0.2) is 30.3 Å². The SMILES string of the molecule is Cl.O=C(O)CC(NC(=O)C1CCCNC1)c1ccccc1. The van der Waals surface area contributed by atoms with Crippen molar-refractivity contribution in [3.8, 4) is 0 Å². The normalized spacial score (nSPS) is 19.1. The molecule has 2 unspecified atom stereocenters. The van der Waals surface area contributed by atoms with Gasteiger partial charge in [-0.05, 0) is 24.9 Å². The van der Waals surface area contributed by atoms with Crippen LogP contribution >= 0.6 is 12.4 Å². The van der Waals surface area contributed by atoms with E-state index in [1.807, 2.05) is 30.3 Å². The van der Waals surface area contributed by atoms with Crippen molar-refractivity contribution in [2.24, 2.45) is 5.92 Å². The van der Waals surface area contributed by atoms with Crippen LogP contribution in [0.3, 0.4) is 0 Å². The number of amides is 1. The number of carbonyl (C=O) groups excluding carboxylic acids is 1. The van der Waals surface area contributed by atoms with Crippen LogP contribution in [0, 0.1) is 5.92 Å². The third kappa shape index (κ3) is 5.36. The summed E-state index contributed by atoms with van der Waals surface area (Å²) in [7, 11) is 0. The van der Waals surface area contributed by atoms with Crippen molar-refractivity contribution in [3.63, 3.8) is 0 Å². The Morgan fingerprint density at radius 3 is 2.62 bits per heavy atom. The summed E-state index contributed by atoms with van der Waals surface area (Å²) in [6.45, 7) is 1.61. The first-order valence-corrected chi connectivity index (χ1v) is 6.94. The number of benzene rings is 1. The molecule has 5 nitrogen and oxygen atoms in total. The molecule has 0 aromatic heterocycles. The Hall–Kier alpha value is -1.59. The van der Waals surface area contributed by atoms with Gasteiger partial charge in [-0.25, -0.2) is 0 Å². The average molecular weight is 313 g/mol. The van der Waals surface area contributed by atoms with Crippen LogP contribution in [0.25, 0.3) is 0 Å². The van der Waals surface area contributed by atoms with Crippen molar-refractivity contribution in [2.45, 2.75) is 25.3 Å². The Labute approximate surface area is 130 Å². The molecule has 1 aliphatic heterocycles. The van der Waals surface area contributed by atoms with Gasteiger partial charge in [0.25, 0.3) is 0 Å². The molecule has 0 saturated carbocycles. The number of rotatable bonds is 5. The van der Waals surface area contributed by atoms with Gasteiger partial charge in [-0.3, -0.25) is 9.59 Å². The quantitative estimate of drug-likeness (QED) is 0.774. The second-order valence-corrected chi connectivity index (χ2v) is 5.11. The van der Waals surface area contributed by atoms with Gasteiger partial charge in [0, 0.05) is 6.54 Å².